The van der Waals surface area contributed by atoms with E-state index in [1.165, 1.54) is 0 Å². The fourth-order valence-electron chi connectivity index (χ4n) is 14.3. The van der Waals surface area contributed by atoms with E-state index in [9.17, 15) is 38.7 Å². The molecular weight excluding hydrogens is 1140 g/mol. The van der Waals surface area contributed by atoms with Crippen LogP contribution in [0.1, 0.15) is 116 Å². The van der Waals surface area contributed by atoms with Gasteiger partial charge in [0.05, 0.1) is 77.3 Å². The molecule has 3 aromatic carbocycles. The van der Waals surface area contributed by atoms with Crippen molar-refractivity contribution in [2.75, 3.05) is 76.2 Å². The van der Waals surface area contributed by atoms with Crippen molar-refractivity contribution in [3.8, 4) is 5.75 Å². The molecule has 4 fully saturated rings. The number of anilines is 2. The molecule has 4 aliphatic carbocycles. The molecule has 20 nitrogen and oxygen atoms in total. The predicted molar refractivity (Wildman–Crippen MR) is 334 cm³/mol. The minimum absolute atomic E-state index is 0.00489. The molecule has 5 N–H and O–H groups in total. The van der Waals surface area contributed by atoms with Crippen molar-refractivity contribution in [1.29, 1.82) is 0 Å². The molecule has 0 bridgehead atoms. The number of benzene rings is 3. The van der Waals surface area contributed by atoms with E-state index in [0.29, 0.717) is 76.8 Å². The Morgan fingerprint density at radius 2 is 1.44 bits per heavy atom. The third kappa shape index (κ3) is 15.5. The minimum Gasteiger partial charge on any atom is -0.486 e. The standard InChI is InChI=1S/C69H89N5O15/c1-7-12-62-88-58-40-54-53-24-19-49-39-51(75)27-29-67(49,5)63(53)56(76)41-68(54,6)69(58,89-62)57(77)43-87-52-22-20-50(21-23-52)72-65(81)45(4)71-66(82)64(44(2)3)73-60(79)28-31-83-33-35-85-37-38-86-36-34-84-32-30-70-59(78)25-26-61(80)74-42-48-15-9-8-13-46(48)17-18-47-14-10-11-16-55(47)74/h8-11,13-18,20-23,27,29,39,44-45,53-54,56,58,62-64,76H,7,12,19,24-26,28,30-38,40-43H2,1-6H3,(H,70,78)(H,71,82)(H,72,81)(H,73,79)/b18-17-/t45-,53-,54-,56-,58+,62+,63+,64-,67-,68-,69+/m0/s1. The third-order valence-electron chi connectivity index (χ3n) is 18.8. The Labute approximate surface area is 522 Å². The first-order valence-corrected chi connectivity index (χ1v) is 31.7. The van der Waals surface area contributed by atoms with Crippen LogP contribution in [0.25, 0.3) is 12.2 Å². The molecule has 11 atom stereocenters. The van der Waals surface area contributed by atoms with Gasteiger partial charge in [0.15, 0.2) is 17.7 Å². The van der Waals surface area contributed by atoms with Crippen LogP contribution in [0.4, 0.5) is 11.4 Å². The molecule has 1 saturated heterocycles. The maximum atomic E-state index is 14.8. The molecule has 0 spiro atoms. The summed E-state index contributed by atoms with van der Waals surface area (Å²) in [5.41, 5.74) is 2.81. The number of ether oxygens (including phenoxy) is 7. The summed E-state index contributed by atoms with van der Waals surface area (Å²) in [7, 11) is 0. The summed E-state index contributed by atoms with van der Waals surface area (Å²) in [6.45, 7) is 14.1. The highest BCUT2D eigenvalue weighted by Crippen LogP contribution is 2.70. The van der Waals surface area contributed by atoms with E-state index in [0.717, 1.165) is 47.2 Å². The van der Waals surface area contributed by atoms with E-state index in [4.69, 9.17) is 33.2 Å². The van der Waals surface area contributed by atoms with Crippen LogP contribution >= 0.6 is 0 Å². The van der Waals surface area contributed by atoms with Gasteiger partial charge in [-0.1, -0.05) is 107 Å². The lowest BCUT2D eigenvalue weighted by molar-refractivity contribution is -0.200. The normalized spacial score (nSPS) is 26.5. The Kier molecular flexibility index (Phi) is 22.6. The minimum atomic E-state index is -1.33. The van der Waals surface area contributed by atoms with E-state index >= 15 is 0 Å². The maximum Gasteiger partial charge on any atom is 0.246 e. The third-order valence-corrected chi connectivity index (χ3v) is 18.8. The molecule has 6 aliphatic rings. The van der Waals surface area contributed by atoms with Crippen molar-refractivity contribution in [2.24, 2.45) is 34.5 Å². The van der Waals surface area contributed by atoms with Crippen molar-refractivity contribution in [2.45, 2.75) is 142 Å². The predicted octanol–water partition coefficient (Wildman–Crippen LogP) is 7.46. The summed E-state index contributed by atoms with van der Waals surface area (Å²) >= 11 is 0. The fourth-order valence-corrected chi connectivity index (χ4v) is 14.3. The molecule has 5 amide bonds. The SMILES string of the molecule is CCC[C@@H]1O[C@@H]2C[C@H]3[C@@H]4CCC5=CC(=O)C=C[C@]5(C)[C@H]4[C@@H](O)C[C@]3(C)[C@]2(C(=O)COc2ccc(NC(=O)[C@H](C)NC(=O)[C@@H](NC(=O)CCOCCOCCOCCOCCNC(=O)CCC(=O)N3Cc4ccccc4/C=C\c4ccccc43)C(C)C)cc2)O1. The molecule has 480 valence electrons. The summed E-state index contributed by atoms with van der Waals surface area (Å²) in [6, 6.07) is 20.4. The molecule has 0 radical (unpaired) electrons. The highest BCUT2D eigenvalue weighted by Gasteiger charge is 2.76. The smallest absolute Gasteiger partial charge is 0.246 e. The van der Waals surface area contributed by atoms with Gasteiger partial charge in [0, 0.05) is 48.2 Å². The van der Waals surface area contributed by atoms with Crippen LogP contribution in [-0.2, 0) is 68.5 Å². The van der Waals surface area contributed by atoms with E-state index in [-0.39, 0.29) is 98.6 Å². The topological polar surface area (TPSA) is 256 Å². The summed E-state index contributed by atoms with van der Waals surface area (Å²) in [4.78, 5) is 94.5. The Morgan fingerprint density at radius 1 is 0.764 bits per heavy atom. The number of nitrogens with one attached hydrogen (secondary N) is 4. The first-order chi connectivity index (χ1) is 42.8. The monoisotopic (exact) mass is 1230 g/mol. The maximum absolute atomic E-state index is 14.8. The lowest BCUT2D eigenvalue weighted by atomic mass is 9.46. The van der Waals surface area contributed by atoms with Gasteiger partial charge in [-0.3, -0.25) is 33.6 Å². The van der Waals surface area contributed by atoms with Crippen molar-refractivity contribution in [1.82, 2.24) is 16.0 Å². The number of Topliss-reactive ketones (excluding diaryl/α,β-unsaturated/α-hetero) is 1. The second kappa shape index (κ2) is 30.3. The van der Waals surface area contributed by atoms with Gasteiger partial charge in [-0.15, -0.1) is 0 Å². The van der Waals surface area contributed by atoms with Gasteiger partial charge in [0.25, 0.3) is 0 Å². The number of aliphatic hydroxyl groups excluding tert-OH is 1. The fraction of sp³-hybridized carbons (Fsp3) is 0.551. The van der Waals surface area contributed by atoms with Gasteiger partial charge < -0.3 is 64.4 Å². The molecule has 0 unspecified atom stereocenters. The molecule has 20 heteroatoms. The van der Waals surface area contributed by atoms with Gasteiger partial charge in [-0.25, -0.2) is 0 Å². The lowest BCUT2D eigenvalue weighted by Gasteiger charge is -2.59. The largest absolute Gasteiger partial charge is 0.486 e. The van der Waals surface area contributed by atoms with Gasteiger partial charge in [0.1, 0.15) is 24.4 Å². The molecular formula is C69H89N5O15. The van der Waals surface area contributed by atoms with Gasteiger partial charge in [-0.2, -0.15) is 0 Å². The van der Waals surface area contributed by atoms with Gasteiger partial charge >= 0.3 is 0 Å². The number of aliphatic hydroxyl groups is 1. The number of ketones is 2. The quantitative estimate of drug-likeness (QED) is 0.0406. The van der Waals surface area contributed by atoms with E-state index in [1.54, 1.807) is 62.1 Å². The number of nitrogens with zero attached hydrogens (tertiary/aromatic N) is 1. The average Bonchev–Trinajstić information content (AvgIpc) is 1.56. The average molecular weight is 1230 g/mol. The van der Waals surface area contributed by atoms with Crippen LogP contribution in [0.15, 0.2) is 96.6 Å². The highest BCUT2D eigenvalue weighted by atomic mass is 16.7. The molecule has 89 heavy (non-hydrogen) atoms. The molecule has 0 aromatic heterocycles. The first kappa shape index (κ1) is 66.5. The molecule has 3 saturated carbocycles. The van der Waals surface area contributed by atoms with Crippen molar-refractivity contribution >= 4 is 64.6 Å². The Bertz CT molecular complexity index is 3110. The zero-order chi connectivity index (χ0) is 63.3. The second-order valence-corrected chi connectivity index (χ2v) is 25.0. The first-order valence-electron chi connectivity index (χ1n) is 31.7. The number of carbonyl (C=O) groups excluding carboxylic acids is 7. The highest BCUT2D eigenvalue weighted by molar-refractivity contribution is 6.02. The van der Waals surface area contributed by atoms with Gasteiger partial charge in [0.2, 0.25) is 35.3 Å². The number of carbonyl (C=O) groups is 7. The Hall–Kier alpha value is -6.91. The van der Waals surface area contributed by atoms with Crippen LogP contribution < -0.4 is 30.9 Å². The van der Waals surface area contributed by atoms with Crippen LogP contribution in [0.3, 0.4) is 0 Å². The van der Waals surface area contributed by atoms with E-state index in [1.807, 2.05) is 67.6 Å². The van der Waals surface area contributed by atoms with Crippen molar-refractivity contribution < 1.29 is 71.8 Å². The lowest BCUT2D eigenvalue weighted by Crippen LogP contribution is -2.63. The number of para-hydroxylation sites is 1. The van der Waals surface area contributed by atoms with E-state index in [2.05, 4.69) is 41.2 Å². The molecule has 2 aliphatic heterocycles. The zero-order valence-electron chi connectivity index (χ0n) is 52.3. The van der Waals surface area contributed by atoms with Crippen molar-refractivity contribution in [3.05, 3.63) is 113 Å². The van der Waals surface area contributed by atoms with Crippen LogP contribution in [-0.4, -0.2) is 148 Å². The molecule has 2 heterocycles. The molecule has 9 rings (SSSR count). The summed E-state index contributed by atoms with van der Waals surface area (Å²) in [5, 5.41) is 23.2. The summed E-state index contributed by atoms with van der Waals surface area (Å²) in [5.74, 6) is -1.90. The number of fused-ring (bicyclic) bond motifs is 9. The second-order valence-electron chi connectivity index (χ2n) is 25.0. The summed E-state index contributed by atoms with van der Waals surface area (Å²) < 4.78 is 41.8. The van der Waals surface area contributed by atoms with Crippen molar-refractivity contribution in [3.63, 3.8) is 0 Å². The van der Waals surface area contributed by atoms with Crippen LogP contribution in [0.5, 0.6) is 5.75 Å². The number of hydrogen-bond acceptors (Lipinski definition) is 15. The Balaban J connectivity index is 0.611. The zero-order valence-corrected chi connectivity index (χ0v) is 52.3. The van der Waals surface area contributed by atoms with E-state index < -0.39 is 58.8 Å². The van der Waals surface area contributed by atoms with Crippen LogP contribution in [0, 0.1) is 34.5 Å². The summed E-state index contributed by atoms with van der Waals surface area (Å²) in [6.07, 6.45) is 11.7. The number of hydrogen-bond donors (Lipinski definition) is 5. The number of amides is 5. The van der Waals surface area contributed by atoms with Gasteiger partial charge in [-0.05, 0) is 116 Å². The number of allylic oxidation sites excluding steroid dienone is 4. The van der Waals surface area contributed by atoms with Crippen LogP contribution in [0.2, 0.25) is 0 Å². The number of rotatable bonds is 30. The molecule has 3 aromatic rings. The Morgan fingerprint density at radius 3 is 2.16 bits per heavy atom.